The maximum atomic E-state index is 13.5. The number of carbonyl (C=O) groups is 2. The number of aromatic carboxylic acids is 1. The summed E-state index contributed by atoms with van der Waals surface area (Å²) in [4.78, 5) is 22.3. The predicted octanol–water partition coefficient (Wildman–Crippen LogP) is 1.64. The molecule has 1 amide bonds. The molecule has 96 valence electrons. The van der Waals surface area contributed by atoms with Crippen LogP contribution in [0.5, 0.6) is 0 Å². The van der Waals surface area contributed by atoms with E-state index in [1.54, 1.807) is 0 Å². The minimum absolute atomic E-state index is 0.0412. The van der Waals surface area contributed by atoms with E-state index in [2.05, 4.69) is 5.32 Å². The summed E-state index contributed by atoms with van der Waals surface area (Å²) in [5.41, 5.74) is -0.205. The van der Waals surface area contributed by atoms with Gasteiger partial charge in [0.15, 0.2) is 0 Å². The number of rotatable bonds is 3. The highest BCUT2D eigenvalue weighted by Crippen LogP contribution is 2.19. The molecule has 1 aromatic carbocycles. The lowest BCUT2D eigenvalue weighted by atomic mass is 10.2. The monoisotopic (exact) mass is 253 g/mol. The molecule has 1 aliphatic rings. The van der Waals surface area contributed by atoms with Crippen LogP contribution in [0.1, 0.15) is 23.2 Å². The van der Waals surface area contributed by atoms with Gasteiger partial charge in [-0.3, -0.25) is 4.79 Å². The topological polar surface area (TPSA) is 75.6 Å². The zero-order valence-electron chi connectivity index (χ0n) is 9.48. The van der Waals surface area contributed by atoms with E-state index >= 15 is 0 Å². The van der Waals surface area contributed by atoms with Gasteiger partial charge in [0.1, 0.15) is 11.9 Å². The first-order chi connectivity index (χ1) is 8.58. The number of benzene rings is 1. The minimum Gasteiger partial charge on any atom is -0.478 e. The number of anilines is 1. The number of ether oxygens (including phenoxy) is 1. The molecule has 1 saturated heterocycles. The number of amides is 1. The van der Waals surface area contributed by atoms with E-state index in [9.17, 15) is 14.0 Å². The molecule has 0 spiro atoms. The van der Waals surface area contributed by atoms with Crippen LogP contribution in [0.15, 0.2) is 18.2 Å². The first-order valence-corrected chi connectivity index (χ1v) is 5.53. The van der Waals surface area contributed by atoms with Gasteiger partial charge in [0.25, 0.3) is 5.91 Å². The summed E-state index contributed by atoms with van der Waals surface area (Å²) in [5, 5.41) is 11.1. The Kier molecular flexibility index (Phi) is 3.57. The minimum atomic E-state index is -1.22. The van der Waals surface area contributed by atoms with E-state index < -0.39 is 23.8 Å². The average molecular weight is 253 g/mol. The first-order valence-electron chi connectivity index (χ1n) is 5.53. The quantitative estimate of drug-likeness (QED) is 0.858. The van der Waals surface area contributed by atoms with Crippen LogP contribution in [0.25, 0.3) is 0 Å². The van der Waals surface area contributed by atoms with Gasteiger partial charge < -0.3 is 15.2 Å². The van der Waals surface area contributed by atoms with Crippen LogP contribution in [0.3, 0.4) is 0 Å². The molecule has 6 heteroatoms. The molecule has 18 heavy (non-hydrogen) atoms. The van der Waals surface area contributed by atoms with E-state index in [4.69, 9.17) is 9.84 Å². The van der Waals surface area contributed by atoms with Gasteiger partial charge >= 0.3 is 5.97 Å². The summed E-state index contributed by atoms with van der Waals surface area (Å²) in [6.07, 6.45) is 0.864. The van der Waals surface area contributed by atoms with Crippen LogP contribution in [0.4, 0.5) is 10.1 Å². The molecule has 2 N–H and O–H groups in total. The number of hydrogen-bond donors (Lipinski definition) is 2. The van der Waals surface area contributed by atoms with Gasteiger partial charge in [0.05, 0.1) is 11.3 Å². The highest BCUT2D eigenvalue weighted by Gasteiger charge is 2.24. The molecular formula is C12H12FNO4. The Hall–Kier alpha value is -1.95. The number of carbonyl (C=O) groups excluding carboxylic acids is 1. The molecule has 0 aliphatic carbocycles. The van der Waals surface area contributed by atoms with Crippen molar-refractivity contribution in [3.63, 3.8) is 0 Å². The Balaban J connectivity index is 2.09. The summed E-state index contributed by atoms with van der Waals surface area (Å²) in [7, 11) is 0. The standard InChI is InChI=1S/C12H12FNO4/c13-8-6-7(12(16)17)3-4-9(8)14-11(15)10-2-1-5-18-10/h3-4,6,10H,1-2,5H2,(H,14,15)(H,16,17)/t10-/m1/s1. The highest BCUT2D eigenvalue weighted by molar-refractivity contribution is 5.95. The van der Waals surface area contributed by atoms with Crippen molar-refractivity contribution in [1.82, 2.24) is 0 Å². The number of hydrogen-bond acceptors (Lipinski definition) is 3. The molecule has 1 heterocycles. The number of halogens is 1. The van der Waals surface area contributed by atoms with Crippen LogP contribution in [0.2, 0.25) is 0 Å². The number of carboxylic acid groups (broad SMARTS) is 1. The van der Waals surface area contributed by atoms with Gasteiger partial charge in [0, 0.05) is 6.61 Å². The van der Waals surface area contributed by atoms with Crippen LogP contribution in [-0.2, 0) is 9.53 Å². The van der Waals surface area contributed by atoms with Gasteiger partial charge in [-0.1, -0.05) is 0 Å². The Morgan fingerprint density at radius 3 is 2.78 bits per heavy atom. The van der Waals surface area contributed by atoms with Crippen LogP contribution < -0.4 is 5.32 Å². The van der Waals surface area contributed by atoms with E-state index in [1.165, 1.54) is 12.1 Å². The maximum Gasteiger partial charge on any atom is 0.335 e. The molecular weight excluding hydrogens is 241 g/mol. The van der Waals surface area contributed by atoms with Crippen molar-refractivity contribution in [1.29, 1.82) is 0 Å². The van der Waals surface area contributed by atoms with Crippen molar-refractivity contribution in [2.24, 2.45) is 0 Å². The fraction of sp³-hybridized carbons (Fsp3) is 0.333. The summed E-state index contributed by atoms with van der Waals surface area (Å²) in [6.45, 7) is 0.526. The normalized spacial score (nSPS) is 18.6. The zero-order chi connectivity index (χ0) is 13.1. The smallest absolute Gasteiger partial charge is 0.335 e. The molecule has 1 fully saturated rings. The third-order valence-electron chi connectivity index (χ3n) is 2.70. The SMILES string of the molecule is O=C(O)c1ccc(NC(=O)[C@H]2CCCO2)c(F)c1. The highest BCUT2D eigenvalue weighted by atomic mass is 19.1. The van der Waals surface area contributed by atoms with Crippen LogP contribution >= 0.6 is 0 Å². The van der Waals surface area contributed by atoms with E-state index in [0.717, 1.165) is 12.5 Å². The fourth-order valence-corrected chi connectivity index (χ4v) is 1.75. The van der Waals surface area contributed by atoms with Gasteiger partial charge in [-0.25, -0.2) is 9.18 Å². The number of nitrogens with one attached hydrogen (secondary N) is 1. The van der Waals surface area contributed by atoms with Crippen molar-refractivity contribution < 1.29 is 23.8 Å². The van der Waals surface area contributed by atoms with Crippen molar-refractivity contribution in [2.45, 2.75) is 18.9 Å². The zero-order valence-corrected chi connectivity index (χ0v) is 9.48. The Bertz CT molecular complexity index is 483. The summed E-state index contributed by atoms with van der Waals surface area (Å²) in [6, 6.07) is 3.33. The molecule has 0 aromatic heterocycles. The van der Waals surface area contributed by atoms with Gasteiger partial charge in [-0.05, 0) is 31.0 Å². The lowest BCUT2D eigenvalue weighted by Crippen LogP contribution is -2.27. The van der Waals surface area contributed by atoms with Crippen molar-refractivity contribution >= 4 is 17.6 Å². The lowest BCUT2D eigenvalue weighted by molar-refractivity contribution is -0.124. The van der Waals surface area contributed by atoms with E-state index in [0.29, 0.717) is 13.0 Å². The summed E-state index contributed by atoms with van der Waals surface area (Å²) >= 11 is 0. The second-order valence-electron chi connectivity index (χ2n) is 3.99. The van der Waals surface area contributed by atoms with Crippen molar-refractivity contribution in [3.8, 4) is 0 Å². The second-order valence-corrected chi connectivity index (χ2v) is 3.99. The van der Waals surface area contributed by atoms with E-state index in [1.807, 2.05) is 0 Å². The molecule has 1 aliphatic heterocycles. The first kappa shape index (κ1) is 12.5. The molecule has 0 unspecified atom stereocenters. The van der Waals surface area contributed by atoms with Crippen molar-refractivity contribution in [2.75, 3.05) is 11.9 Å². The molecule has 0 saturated carbocycles. The second kappa shape index (κ2) is 5.14. The molecule has 2 rings (SSSR count). The summed E-state index contributed by atoms with van der Waals surface area (Å²) < 4.78 is 18.7. The third kappa shape index (κ3) is 2.65. The average Bonchev–Trinajstić information content (AvgIpc) is 2.85. The Morgan fingerprint density at radius 1 is 1.44 bits per heavy atom. The van der Waals surface area contributed by atoms with Crippen molar-refractivity contribution in [3.05, 3.63) is 29.6 Å². The van der Waals surface area contributed by atoms with E-state index in [-0.39, 0.29) is 11.3 Å². The van der Waals surface area contributed by atoms with Gasteiger partial charge in [0.2, 0.25) is 0 Å². The molecule has 0 radical (unpaired) electrons. The predicted molar refractivity (Wildman–Crippen MR) is 61.0 cm³/mol. The molecule has 1 atom stereocenters. The fourth-order valence-electron chi connectivity index (χ4n) is 1.75. The summed E-state index contributed by atoms with van der Waals surface area (Å²) in [5.74, 6) is -2.40. The lowest BCUT2D eigenvalue weighted by Gasteiger charge is -2.11. The number of carboxylic acids is 1. The molecule has 1 aromatic rings. The van der Waals surface area contributed by atoms with Crippen LogP contribution in [0, 0.1) is 5.82 Å². The largest absolute Gasteiger partial charge is 0.478 e. The van der Waals surface area contributed by atoms with Gasteiger partial charge in [-0.15, -0.1) is 0 Å². The van der Waals surface area contributed by atoms with Gasteiger partial charge in [-0.2, -0.15) is 0 Å². The maximum absolute atomic E-state index is 13.5. The molecule has 5 nitrogen and oxygen atoms in total. The Morgan fingerprint density at radius 2 is 2.22 bits per heavy atom. The van der Waals surface area contributed by atoms with Crippen LogP contribution in [-0.4, -0.2) is 29.7 Å². The Labute approximate surface area is 103 Å². The third-order valence-corrected chi connectivity index (χ3v) is 2.70. The molecule has 0 bridgehead atoms.